The zero-order valence-electron chi connectivity index (χ0n) is 18.3. The zero-order chi connectivity index (χ0) is 22.4. The van der Waals surface area contributed by atoms with Crippen molar-refractivity contribution in [3.05, 3.63) is 59.1 Å². The van der Waals surface area contributed by atoms with Gasteiger partial charge >= 0.3 is 0 Å². The summed E-state index contributed by atoms with van der Waals surface area (Å²) in [4.78, 5) is 19.3. The number of ether oxygens (including phenoxy) is 3. The van der Waals surface area contributed by atoms with Gasteiger partial charge in [0, 0.05) is 17.5 Å². The standard InChI is InChI=1S/C23H27N3O4S/c1-26(2)19(15-6-9-17(28-3)10-7-15)13-24-22(27)18-14-31-23(25-18)16-8-11-20(29-4)21(12-16)30-5/h6-12,14,19H,13H2,1-5H3,(H,24,27). The third-order valence-corrected chi connectivity index (χ3v) is 5.84. The molecule has 0 radical (unpaired) electrons. The molecular formula is C23H27N3O4S. The number of methoxy groups -OCH3 is 3. The SMILES string of the molecule is COc1ccc(C(CNC(=O)c2csc(-c3ccc(OC)c(OC)c3)n2)N(C)C)cc1. The third-order valence-electron chi connectivity index (χ3n) is 4.95. The van der Waals surface area contributed by atoms with E-state index in [4.69, 9.17) is 14.2 Å². The maximum Gasteiger partial charge on any atom is 0.270 e. The maximum absolute atomic E-state index is 12.7. The summed E-state index contributed by atoms with van der Waals surface area (Å²) in [6.07, 6.45) is 0. The summed E-state index contributed by atoms with van der Waals surface area (Å²) in [5, 5.41) is 5.51. The van der Waals surface area contributed by atoms with Crippen LogP contribution in [0, 0.1) is 0 Å². The Bertz CT molecular complexity index is 1020. The fourth-order valence-electron chi connectivity index (χ4n) is 3.18. The highest BCUT2D eigenvalue weighted by Gasteiger charge is 2.18. The van der Waals surface area contributed by atoms with Gasteiger partial charge in [0.25, 0.3) is 5.91 Å². The average Bonchev–Trinajstić information content (AvgIpc) is 3.29. The Balaban J connectivity index is 1.70. The Kier molecular flexibility index (Phi) is 7.49. The Labute approximate surface area is 186 Å². The van der Waals surface area contributed by atoms with Gasteiger partial charge in [0.15, 0.2) is 11.5 Å². The highest BCUT2D eigenvalue weighted by molar-refractivity contribution is 7.13. The van der Waals surface area contributed by atoms with Crippen molar-refractivity contribution in [1.82, 2.24) is 15.2 Å². The zero-order valence-corrected chi connectivity index (χ0v) is 19.2. The van der Waals surface area contributed by atoms with E-state index in [1.165, 1.54) is 11.3 Å². The van der Waals surface area contributed by atoms with Crippen LogP contribution >= 0.6 is 11.3 Å². The summed E-state index contributed by atoms with van der Waals surface area (Å²) >= 11 is 1.41. The Morgan fingerprint density at radius 2 is 1.74 bits per heavy atom. The van der Waals surface area contributed by atoms with Gasteiger partial charge in [-0.3, -0.25) is 4.79 Å². The predicted molar refractivity (Wildman–Crippen MR) is 122 cm³/mol. The molecule has 1 heterocycles. The molecule has 0 bridgehead atoms. The first kappa shape index (κ1) is 22.6. The van der Waals surface area contributed by atoms with Crippen LogP contribution in [0.1, 0.15) is 22.1 Å². The maximum atomic E-state index is 12.7. The minimum Gasteiger partial charge on any atom is -0.497 e. The molecule has 1 amide bonds. The van der Waals surface area contributed by atoms with E-state index in [1.807, 2.05) is 56.6 Å². The van der Waals surface area contributed by atoms with Crippen LogP contribution in [0.15, 0.2) is 47.8 Å². The van der Waals surface area contributed by atoms with Crippen molar-refractivity contribution >= 4 is 17.2 Å². The molecule has 0 spiro atoms. The van der Waals surface area contributed by atoms with E-state index in [0.717, 1.165) is 21.9 Å². The fourth-order valence-corrected chi connectivity index (χ4v) is 3.98. The van der Waals surface area contributed by atoms with E-state index >= 15 is 0 Å². The molecular weight excluding hydrogens is 414 g/mol. The fraction of sp³-hybridized carbons (Fsp3) is 0.304. The van der Waals surface area contributed by atoms with E-state index in [2.05, 4.69) is 15.2 Å². The van der Waals surface area contributed by atoms with Crippen LogP contribution in [0.4, 0.5) is 0 Å². The molecule has 2 aromatic carbocycles. The second-order valence-electron chi connectivity index (χ2n) is 7.07. The van der Waals surface area contributed by atoms with Gasteiger partial charge in [0.1, 0.15) is 16.5 Å². The minimum absolute atomic E-state index is 0.0267. The molecule has 1 N–H and O–H groups in total. The quantitative estimate of drug-likeness (QED) is 0.544. The molecule has 8 heteroatoms. The van der Waals surface area contributed by atoms with E-state index in [-0.39, 0.29) is 11.9 Å². The van der Waals surface area contributed by atoms with Crippen LogP contribution in [0.25, 0.3) is 10.6 Å². The van der Waals surface area contributed by atoms with Gasteiger partial charge in [0.05, 0.1) is 27.4 Å². The largest absolute Gasteiger partial charge is 0.497 e. The van der Waals surface area contributed by atoms with Gasteiger partial charge in [0.2, 0.25) is 0 Å². The lowest BCUT2D eigenvalue weighted by Gasteiger charge is -2.25. The third kappa shape index (κ3) is 5.34. The summed E-state index contributed by atoms with van der Waals surface area (Å²) in [5.74, 6) is 1.86. The van der Waals surface area contributed by atoms with Gasteiger partial charge in [-0.05, 0) is 50.0 Å². The topological polar surface area (TPSA) is 72.9 Å². The molecule has 7 nitrogen and oxygen atoms in total. The number of aromatic nitrogens is 1. The lowest BCUT2D eigenvalue weighted by Crippen LogP contribution is -2.34. The lowest BCUT2D eigenvalue weighted by molar-refractivity contribution is 0.0937. The number of carbonyl (C=O) groups excluding carboxylic acids is 1. The number of rotatable bonds is 9. The number of hydrogen-bond acceptors (Lipinski definition) is 7. The molecule has 0 saturated heterocycles. The van der Waals surface area contributed by atoms with Gasteiger partial charge in [-0.1, -0.05) is 12.1 Å². The predicted octanol–water partition coefficient (Wildman–Crippen LogP) is 3.87. The minimum atomic E-state index is -0.205. The van der Waals surface area contributed by atoms with Gasteiger partial charge in [-0.25, -0.2) is 4.98 Å². The van der Waals surface area contributed by atoms with E-state index < -0.39 is 0 Å². The number of thiazole rings is 1. The number of carbonyl (C=O) groups is 1. The van der Waals surface area contributed by atoms with E-state index in [9.17, 15) is 4.79 Å². The molecule has 1 aromatic heterocycles. The first-order chi connectivity index (χ1) is 15.0. The molecule has 0 aliphatic carbocycles. The smallest absolute Gasteiger partial charge is 0.270 e. The van der Waals surface area contributed by atoms with Crippen LogP contribution in [0.2, 0.25) is 0 Å². The number of likely N-dealkylation sites (N-methyl/N-ethyl adjacent to an activating group) is 1. The lowest BCUT2D eigenvalue weighted by atomic mass is 10.1. The first-order valence-corrected chi connectivity index (χ1v) is 10.6. The van der Waals surface area contributed by atoms with Crippen molar-refractivity contribution in [3.8, 4) is 27.8 Å². The summed E-state index contributed by atoms with van der Waals surface area (Å²) in [5.41, 5.74) is 2.35. The Hall–Kier alpha value is -3.10. The molecule has 0 aliphatic rings. The number of benzene rings is 2. The highest BCUT2D eigenvalue weighted by Crippen LogP contribution is 2.33. The van der Waals surface area contributed by atoms with Gasteiger partial charge < -0.3 is 24.4 Å². The molecule has 0 aliphatic heterocycles. The Morgan fingerprint density at radius 3 is 2.35 bits per heavy atom. The summed E-state index contributed by atoms with van der Waals surface area (Å²) in [6, 6.07) is 13.5. The van der Waals surface area contributed by atoms with Crippen molar-refractivity contribution in [2.45, 2.75) is 6.04 Å². The average molecular weight is 442 g/mol. The molecule has 1 unspecified atom stereocenters. The van der Waals surface area contributed by atoms with Gasteiger partial charge in [-0.15, -0.1) is 11.3 Å². The summed E-state index contributed by atoms with van der Waals surface area (Å²) in [6.45, 7) is 0.460. The highest BCUT2D eigenvalue weighted by atomic mass is 32.1. The summed E-state index contributed by atoms with van der Waals surface area (Å²) in [7, 11) is 8.80. The molecule has 0 saturated carbocycles. The normalized spacial score (nSPS) is 11.8. The number of nitrogens with zero attached hydrogens (tertiary/aromatic N) is 2. The molecule has 1 atom stereocenters. The van der Waals surface area contributed by atoms with Crippen molar-refractivity contribution in [2.75, 3.05) is 42.0 Å². The van der Waals surface area contributed by atoms with Crippen molar-refractivity contribution in [1.29, 1.82) is 0 Å². The Morgan fingerprint density at radius 1 is 1.03 bits per heavy atom. The van der Waals surface area contributed by atoms with E-state index in [1.54, 1.807) is 26.7 Å². The molecule has 31 heavy (non-hydrogen) atoms. The van der Waals surface area contributed by atoms with Crippen molar-refractivity contribution < 1.29 is 19.0 Å². The number of hydrogen-bond donors (Lipinski definition) is 1. The van der Waals surface area contributed by atoms with Crippen LogP contribution in [0.3, 0.4) is 0 Å². The molecule has 3 aromatic rings. The molecule has 3 rings (SSSR count). The van der Waals surface area contributed by atoms with Crippen LogP contribution in [-0.2, 0) is 0 Å². The van der Waals surface area contributed by atoms with Crippen molar-refractivity contribution in [2.24, 2.45) is 0 Å². The number of amides is 1. The summed E-state index contributed by atoms with van der Waals surface area (Å²) < 4.78 is 15.9. The van der Waals surface area contributed by atoms with Crippen LogP contribution < -0.4 is 19.5 Å². The van der Waals surface area contributed by atoms with Crippen molar-refractivity contribution in [3.63, 3.8) is 0 Å². The first-order valence-electron chi connectivity index (χ1n) is 9.73. The second kappa shape index (κ2) is 10.3. The monoisotopic (exact) mass is 441 g/mol. The number of nitrogens with one attached hydrogen (secondary N) is 1. The van der Waals surface area contributed by atoms with Gasteiger partial charge in [-0.2, -0.15) is 0 Å². The molecule has 0 fully saturated rings. The van der Waals surface area contributed by atoms with Crippen LogP contribution in [0.5, 0.6) is 17.2 Å². The second-order valence-corrected chi connectivity index (χ2v) is 7.93. The van der Waals surface area contributed by atoms with E-state index in [0.29, 0.717) is 23.7 Å². The van der Waals surface area contributed by atoms with Crippen LogP contribution in [-0.4, -0.2) is 57.8 Å². The molecule has 164 valence electrons.